The van der Waals surface area contributed by atoms with Gasteiger partial charge >= 0.3 is 0 Å². The number of carbonyl (C=O) groups excluding carboxylic acids is 1. The topological polar surface area (TPSA) is 32.3 Å². The van der Waals surface area contributed by atoms with Crippen LogP contribution in [0.1, 0.15) is 38.2 Å². The first-order valence-corrected chi connectivity index (χ1v) is 9.42. The fourth-order valence-electron chi connectivity index (χ4n) is 3.74. The highest BCUT2D eigenvalue weighted by Gasteiger charge is 2.29. The van der Waals surface area contributed by atoms with Gasteiger partial charge in [0.2, 0.25) is 5.91 Å². The van der Waals surface area contributed by atoms with Crippen LogP contribution in [0.3, 0.4) is 0 Å². The molecule has 1 heterocycles. The third-order valence-corrected chi connectivity index (χ3v) is 5.06. The summed E-state index contributed by atoms with van der Waals surface area (Å²) in [4.78, 5) is 14.6. The Hall–Kier alpha value is -2.13. The molecular weight excluding hydrogens is 308 g/mol. The third kappa shape index (κ3) is 4.70. The van der Waals surface area contributed by atoms with Crippen molar-refractivity contribution in [1.82, 2.24) is 5.32 Å². The highest BCUT2D eigenvalue weighted by molar-refractivity contribution is 5.93. The first-order valence-electron chi connectivity index (χ1n) is 9.42. The molecule has 25 heavy (non-hydrogen) atoms. The summed E-state index contributed by atoms with van der Waals surface area (Å²) in [5.41, 5.74) is 2.42. The number of hydrogen-bond donors (Lipinski definition) is 1. The standard InChI is InChI=1S/C22H28N2O/c1-2-22(25)24(20-11-7-4-8-12-20)21-15-16-23-19(17-21)14-13-18-9-5-3-6-10-18/h3-12,19,21,23H,2,13-17H2,1H3. The monoisotopic (exact) mass is 336 g/mol. The summed E-state index contributed by atoms with van der Waals surface area (Å²) in [6.07, 6.45) is 4.78. The second kappa shape index (κ2) is 8.82. The van der Waals surface area contributed by atoms with Crippen molar-refractivity contribution < 1.29 is 4.79 Å². The number of amides is 1. The van der Waals surface area contributed by atoms with Gasteiger partial charge in [0.1, 0.15) is 0 Å². The predicted molar refractivity (Wildman–Crippen MR) is 104 cm³/mol. The van der Waals surface area contributed by atoms with Crippen LogP contribution in [0.15, 0.2) is 60.7 Å². The Balaban J connectivity index is 1.66. The zero-order valence-electron chi connectivity index (χ0n) is 15.0. The molecule has 2 aromatic carbocycles. The molecule has 3 heteroatoms. The fourth-order valence-corrected chi connectivity index (χ4v) is 3.74. The van der Waals surface area contributed by atoms with Crippen LogP contribution in [0.5, 0.6) is 0 Å². The van der Waals surface area contributed by atoms with Crippen LogP contribution in [-0.2, 0) is 11.2 Å². The molecule has 1 N–H and O–H groups in total. The van der Waals surface area contributed by atoms with Crippen LogP contribution in [0.4, 0.5) is 5.69 Å². The van der Waals surface area contributed by atoms with Crippen molar-refractivity contribution in [2.75, 3.05) is 11.4 Å². The van der Waals surface area contributed by atoms with Crippen LogP contribution in [-0.4, -0.2) is 24.5 Å². The average molecular weight is 336 g/mol. The summed E-state index contributed by atoms with van der Waals surface area (Å²) in [6.45, 7) is 2.93. The van der Waals surface area contributed by atoms with Gasteiger partial charge in [0.15, 0.2) is 0 Å². The van der Waals surface area contributed by atoms with Gasteiger partial charge in [-0.2, -0.15) is 0 Å². The lowest BCUT2D eigenvalue weighted by molar-refractivity contribution is -0.118. The van der Waals surface area contributed by atoms with E-state index in [-0.39, 0.29) is 11.9 Å². The molecule has 1 saturated heterocycles. The number of piperidine rings is 1. The van der Waals surface area contributed by atoms with Gasteiger partial charge in [-0.05, 0) is 49.9 Å². The molecule has 0 radical (unpaired) electrons. The SMILES string of the molecule is CCC(=O)N(c1ccccc1)C1CCNC(CCc2ccccc2)C1. The zero-order valence-corrected chi connectivity index (χ0v) is 15.0. The third-order valence-electron chi connectivity index (χ3n) is 5.06. The lowest BCUT2D eigenvalue weighted by Gasteiger charge is -2.38. The van der Waals surface area contributed by atoms with Gasteiger partial charge in [-0.3, -0.25) is 4.79 Å². The van der Waals surface area contributed by atoms with E-state index in [1.807, 2.05) is 30.0 Å². The van der Waals surface area contributed by atoms with Crippen LogP contribution >= 0.6 is 0 Å². The fraction of sp³-hybridized carbons (Fsp3) is 0.409. The predicted octanol–water partition coefficient (Wildman–Crippen LogP) is 4.18. The van der Waals surface area contributed by atoms with Gasteiger partial charge in [-0.15, -0.1) is 0 Å². The van der Waals surface area contributed by atoms with Gasteiger partial charge < -0.3 is 10.2 Å². The van der Waals surface area contributed by atoms with Crippen molar-refractivity contribution in [2.45, 2.75) is 51.1 Å². The van der Waals surface area contributed by atoms with Crippen LogP contribution in [0, 0.1) is 0 Å². The van der Waals surface area contributed by atoms with E-state index < -0.39 is 0 Å². The summed E-state index contributed by atoms with van der Waals surface area (Å²) in [5, 5.41) is 3.64. The van der Waals surface area contributed by atoms with Crippen LogP contribution in [0.2, 0.25) is 0 Å². The number of para-hydroxylation sites is 1. The summed E-state index contributed by atoms with van der Waals surface area (Å²) in [5.74, 6) is 0.222. The molecule has 0 bridgehead atoms. The lowest BCUT2D eigenvalue weighted by Crippen LogP contribution is -2.50. The Kier molecular flexibility index (Phi) is 6.24. The van der Waals surface area contributed by atoms with E-state index in [9.17, 15) is 4.79 Å². The molecule has 1 fully saturated rings. The largest absolute Gasteiger partial charge is 0.314 e. The normalized spacial score (nSPS) is 20.2. The molecule has 2 unspecified atom stereocenters. The van der Waals surface area contributed by atoms with Crippen molar-refractivity contribution >= 4 is 11.6 Å². The number of nitrogens with zero attached hydrogens (tertiary/aromatic N) is 1. The zero-order chi connectivity index (χ0) is 17.5. The summed E-state index contributed by atoms with van der Waals surface area (Å²) in [6, 6.07) is 21.5. The minimum absolute atomic E-state index is 0.222. The van der Waals surface area contributed by atoms with Gasteiger partial charge in [-0.25, -0.2) is 0 Å². The molecule has 0 saturated carbocycles. The first-order chi connectivity index (χ1) is 12.3. The van der Waals surface area contributed by atoms with Gasteiger partial charge in [0.05, 0.1) is 0 Å². The van der Waals surface area contributed by atoms with Crippen LogP contribution in [0.25, 0.3) is 0 Å². The maximum atomic E-state index is 12.6. The average Bonchev–Trinajstić information content (AvgIpc) is 2.68. The molecule has 3 nitrogen and oxygen atoms in total. The molecule has 0 spiro atoms. The Morgan fingerprint density at radius 1 is 1.08 bits per heavy atom. The number of benzene rings is 2. The van der Waals surface area contributed by atoms with Crippen molar-refractivity contribution in [3.05, 3.63) is 66.2 Å². The van der Waals surface area contributed by atoms with E-state index in [1.165, 1.54) is 5.56 Å². The van der Waals surface area contributed by atoms with E-state index in [0.717, 1.165) is 37.9 Å². The summed E-state index contributed by atoms with van der Waals surface area (Å²) >= 11 is 0. The number of nitrogens with one attached hydrogen (secondary N) is 1. The second-order valence-electron chi connectivity index (χ2n) is 6.81. The van der Waals surface area contributed by atoms with E-state index in [4.69, 9.17) is 0 Å². The van der Waals surface area contributed by atoms with E-state index in [1.54, 1.807) is 0 Å². The number of carbonyl (C=O) groups is 1. The summed E-state index contributed by atoms with van der Waals surface area (Å²) in [7, 11) is 0. The molecule has 1 amide bonds. The summed E-state index contributed by atoms with van der Waals surface area (Å²) < 4.78 is 0. The molecule has 1 aliphatic rings. The lowest BCUT2D eigenvalue weighted by atomic mass is 9.93. The first kappa shape index (κ1) is 17.7. The number of anilines is 1. The molecule has 3 rings (SSSR count). The highest BCUT2D eigenvalue weighted by Crippen LogP contribution is 2.25. The Morgan fingerprint density at radius 3 is 2.44 bits per heavy atom. The van der Waals surface area contributed by atoms with Crippen molar-refractivity contribution in [3.8, 4) is 0 Å². The maximum Gasteiger partial charge on any atom is 0.226 e. The van der Waals surface area contributed by atoms with Crippen molar-refractivity contribution in [1.29, 1.82) is 0 Å². The van der Waals surface area contributed by atoms with E-state index >= 15 is 0 Å². The van der Waals surface area contributed by atoms with Crippen LogP contribution < -0.4 is 10.2 Å². The molecule has 0 aliphatic carbocycles. The number of aryl methyl sites for hydroxylation is 1. The maximum absolute atomic E-state index is 12.6. The number of hydrogen-bond acceptors (Lipinski definition) is 2. The minimum atomic E-state index is 0.222. The molecule has 2 aromatic rings. The Morgan fingerprint density at radius 2 is 1.76 bits per heavy atom. The minimum Gasteiger partial charge on any atom is -0.314 e. The number of rotatable bonds is 6. The smallest absolute Gasteiger partial charge is 0.226 e. The molecule has 132 valence electrons. The quantitative estimate of drug-likeness (QED) is 0.858. The van der Waals surface area contributed by atoms with E-state index in [2.05, 4.69) is 47.8 Å². The Bertz CT molecular complexity index is 656. The second-order valence-corrected chi connectivity index (χ2v) is 6.81. The van der Waals surface area contributed by atoms with Gasteiger partial charge in [0.25, 0.3) is 0 Å². The van der Waals surface area contributed by atoms with Crippen molar-refractivity contribution in [2.24, 2.45) is 0 Å². The molecule has 2 atom stereocenters. The molecule has 0 aromatic heterocycles. The van der Waals surface area contributed by atoms with Gasteiger partial charge in [-0.1, -0.05) is 55.5 Å². The van der Waals surface area contributed by atoms with E-state index in [0.29, 0.717) is 12.5 Å². The van der Waals surface area contributed by atoms with Gasteiger partial charge in [0, 0.05) is 24.2 Å². The van der Waals surface area contributed by atoms with Crippen molar-refractivity contribution in [3.63, 3.8) is 0 Å². The molecule has 1 aliphatic heterocycles. The highest BCUT2D eigenvalue weighted by atomic mass is 16.2. The Labute approximate surface area is 151 Å². The molecular formula is C22H28N2O.